The van der Waals surface area contributed by atoms with Gasteiger partial charge < -0.3 is 28.7 Å². The third-order valence-electron chi connectivity index (χ3n) is 20.7. The first-order valence-electron chi connectivity index (χ1n) is 38.6. The van der Waals surface area contributed by atoms with Crippen molar-refractivity contribution >= 4 is 116 Å². The van der Waals surface area contributed by atoms with Crippen molar-refractivity contribution in [3.05, 3.63) is 190 Å². The molecule has 0 radical (unpaired) electrons. The SMILES string of the molecule is CC#Cc1cc(-c2csc([C@]3(C)CC(=O)N(C)C(N)=N3)c2)ncn1.CC#Cc1cccc(-c2cc([C@]3(C)CC(=O)N(C)C(N)=N3)sn2)c1.CC#Cc1cncc(-c2csc([C@]3(C)CC(=O)N(C)C(N)=N3)c2)n1.CC#Cc1cncc(-c2csc([C@]3(C)CC(=O)N(C)C(N)=N3)c2F)c1.CN1C(=O)C[C@@](C)(c2cc(-c3cncc(C#CC4CC4)c3)cs2)N=C1N. The van der Waals surface area contributed by atoms with Gasteiger partial charge in [-0.05, 0) is 164 Å². The van der Waals surface area contributed by atoms with Gasteiger partial charge in [0.05, 0.1) is 71.3 Å². The number of rotatable bonds is 10. The number of hydrogen-bond acceptors (Lipinski definition) is 27. The summed E-state index contributed by atoms with van der Waals surface area (Å²) in [4.78, 5) is 120. The molecule has 626 valence electrons. The van der Waals surface area contributed by atoms with Gasteiger partial charge in [0.2, 0.25) is 29.5 Å². The predicted octanol–water partition coefficient (Wildman–Crippen LogP) is 12.2. The number of pyridine rings is 2. The lowest BCUT2D eigenvalue weighted by Crippen LogP contribution is -2.47. The minimum Gasteiger partial charge on any atom is -0.369 e. The third kappa shape index (κ3) is 20.4. The second-order valence-electron chi connectivity index (χ2n) is 30.5. The molecule has 16 rings (SSSR count). The molecule has 14 heterocycles. The lowest BCUT2D eigenvalue weighted by molar-refractivity contribution is -0.129. The van der Waals surface area contributed by atoms with E-state index in [0.29, 0.717) is 46.2 Å². The molecule has 0 spiro atoms. The summed E-state index contributed by atoms with van der Waals surface area (Å²) in [6.45, 7) is 16.5. The topological polar surface area (TPSA) is 384 Å². The van der Waals surface area contributed by atoms with Gasteiger partial charge in [-0.15, -0.1) is 57.2 Å². The number of aromatic nitrogens is 7. The Labute approximate surface area is 733 Å². The van der Waals surface area contributed by atoms with E-state index in [1.54, 1.807) is 128 Å². The van der Waals surface area contributed by atoms with Crippen LogP contribution in [-0.2, 0) is 51.7 Å². The van der Waals surface area contributed by atoms with Gasteiger partial charge in [-0.25, -0.2) is 44.3 Å². The second kappa shape index (κ2) is 37.3. The Kier molecular flexibility index (Phi) is 26.9. The molecular weight excluding hydrogens is 1650 g/mol. The van der Waals surface area contributed by atoms with Gasteiger partial charge in [0, 0.05) is 147 Å². The minimum absolute atomic E-state index is 0.0195. The molecule has 33 heteroatoms. The number of carbonyl (C=O) groups is 5. The van der Waals surface area contributed by atoms with Gasteiger partial charge in [0.1, 0.15) is 51.2 Å². The molecule has 0 saturated heterocycles. The zero-order chi connectivity index (χ0) is 88.5. The number of amides is 5. The summed E-state index contributed by atoms with van der Waals surface area (Å²) < 4.78 is 19.7. The van der Waals surface area contributed by atoms with Crippen molar-refractivity contribution in [1.29, 1.82) is 0 Å². The largest absolute Gasteiger partial charge is 0.369 e. The van der Waals surface area contributed by atoms with Crippen molar-refractivity contribution < 1.29 is 28.4 Å². The number of nitrogens with two attached hydrogens (primary N) is 5. The van der Waals surface area contributed by atoms with Crippen molar-refractivity contribution in [1.82, 2.24) is 58.8 Å². The molecule has 27 nitrogen and oxygen atoms in total. The Balaban J connectivity index is 0.000000140. The van der Waals surface area contributed by atoms with E-state index in [1.165, 1.54) is 77.9 Å². The normalized spacial score (nSPS) is 20.8. The van der Waals surface area contributed by atoms with Crippen molar-refractivity contribution in [3.8, 4) is 115 Å². The fourth-order valence-electron chi connectivity index (χ4n) is 13.3. The molecule has 5 atom stereocenters. The molecule has 5 amide bonds. The molecule has 10 aromatic rings. The van der Waals surface area contributed by atoms with Crippen LogP contribution in [-0.4, -0.2) is 153 Å². The number of halogens is 1. The third-order valence-corrected chi connectivity index (χ3v) is 26.5. The summed E-state index contributed by atoms with van der Waals surface area (Å²) >= 11 is 7.26. The first-order valence-corrected chi connectivity index (χ1v) is 42.9. The van der Waals surface area contributed by atoms with Gasteiger partial charge in [-0.1, -0.05) is 47.7 Å². The number of thiophene rings is 4. The van der Waals surface area contributed by atoms with Crippen molar-refractivity contribution in [2.45, 2.75) is 135 Å². The van der Waals surface area contributed by atoms with Crippen LogP contribution >= 0.6 is 56.9 Å². The average molecular weight is 1740 g/mol. The summed E-state index contributed by atoms with van der Waals surface area (Å²) in [7, 11) is 8.12. The highest BCUT2D eigenvalue weighted by molar-refractivity contribution is 7.11. The van der Waals surface area contributed by atoms with E-state index < -0.39 is 33.5 Å². The Bertz CT molecular complexity index is 5980. The number of hydrogen-bond donors (Lipinski definition) is 5. The predicted molar refractivity (Wildman–Crippen MR) is 485 cm³/mol. The van der Waals surface area contributed by atoms with Crippen LogP contribution in [0.2, 0.25) is 0 Å². The summed E-state index contributed by atoms with van der Waals surface area (Å²) in [6.07, 6.45) is 15.4. The highest BCUT2D eigenvalue weighted by atomic mass is 32.1. The number of carbonyl (C=O) groups excluding carboxylic acids is 5. The van der Waals surface area contributed by atoms with Crippen LogP contribution in [0.25, 0.3) is 56.0 Å². The standard InChI is InChI=1S/C20H20N4OS.C18H17FN4OS.C18H18N4OS.2C17H17N5OS/c1-20(9-18(25)24(2)19(21)23-20)17-8-16(12-26-17)15-7-14(10-22-11-15)6-5-13-3-4-13;1-4-5-11-6-12(9-21-8-11)13-10-25-16(15(13)19)18(2)7-14(24)23(3)17(20)22-18;1-4-6-12-7-5-8-13(9-12)14-10-15(24-21-14)18(2)11-16(23)22(3)17(19)20-18;1-4-5-12-8-19-9-13(20-12)11-6-14(24-10-11)17(2)7-15(23)22(3)16(18)21-17;1-4-5-12-7-13(20-10-19-12)11-6-14(24-9-11)17(2)8-15(23)22(3)16(18)21-17/h7-8,10-13H,3-4,9H2,1-2H3,(H2,21,23);6,8-10H,7H2,1-3H3,(H2,20,22);5,7-10H,11H2,1-3H3,(H2,19,20);6,8-10H,7H2,1-3H3,(H2,18,21);6-7,9-10H,8H2,1-3H3,(H2,18,21)/t20-;2*18-;2*17-/m00000/s1. The molecule has 1 saturated carbocycles. The second-order valence-corrected chi connectivity index (χ2v) is 34.9. The maximum absolute atomic E-state index is 15.1. The van der Waals surface area contributed by atoms with Gasteiger partial charge in [0.15, 0.2) is 29.8 Å². The van der Waals surface area contributed by atoms with Crippen LogP contribution in [0, 0.1) is 70.9 Å². The van der Waals surface area contributed by atoms with Crippen LogP contribution in [0.4, 0.5) is 4.39 Å². The van der Waals surface area contributed by atoms with Crippen molar-refractivity contribution in [2.24, 2.45) is 59.5 Å². The molecule has 1 aliphatic carbocycles. The molecule has 1 aromatic carbocycles. The maximum Gasteiger partial charge on any atom is 0.231 e. The zero-order valence-corrected chi connectivity index (χ0v) is 74.3. The molecule has 9 aromatic heterocycles. The van der Waals surface area contributed by atoms with Crippen LogP contribution < -0.4 is 28.7 Å². The number of guanidine groups is 5. The lowest BCUT2D eigenvalue weighted by atomic mass is 9.93. The van der Waals surface area contributed by atoms with Crippen LogP contribution in [0.5, 0.6) is 0 Å². The van der Waals surface area contributed by atoms with Gasteiger partial charge in [-0.3, -0.25) is 63.4 Å². The van der Waals surface area contributed by atoms with Gasteiger partial charge in [0.25, 0.3) is 0 Å². The van der Waals surface area contributed by atoms with Crippen LogP contribution in [0.1, 0.15) is 160 Å². The lowest BCUT2D eigenvalue weighted by Gasteiger charge is -2.32. The van der Waals surface area contributed by atoms with E-state index in [4.69, 9.17) is 28.7 Å². The Hall–Kier alpha value is -13.5. The van der Waals surface area contributed by atoms with E-state index in [9.17, 15) is 24.0 Å². The molecule has 0 bridgehead atoms. The zero-order valence-electron chi connectivity index (χ0n) is 70.2. The molecule has 5 aliphatic heterocycles. The number of nitrogens with zero attached hydrogens (tertiary/aromatic N) is 17. The fourth-order valence-corrected chi connectivity index (χ4v) is 18.2. The highest BCUT2D eigenvalue weighted by Crippen LogP contribution is 2.45. The Morgan fingerprint density at radius 2 is 0.837 bits per heavy atom. The van der Waals surface area contributed by atoms with E-state index >= 15 is 4.39 Å². The molecule has 123 heavy (non-hydrogen) atoms. The van der Waals surface area contributed by atoms with Crippen LogP contribution in [0.15, 0.2) is 157 Å². The fraction of sp³-hybridized carbons (Fsp3) is 0.300. The average Bonchev–Trinajstić information content (AvgIpc) is 1.61. The smallest absolute Gasteiger partial charge is 0.231 e. The number of benzene rings is 1. The minimum atomic E-state index is -1.01. The highest BCUT2D eigenvalue weighted by Gasteiger charge is 2.43. The summed E-state index contributed by atoms with van der Waals surface area (Å²) in [5.41, 5.74) is 38.1. The molecule has 1 fully saturated rings. The van der Waals surface area contributed by atoms with Crippen molar-refractivity contribution in [2.75, 3.05) is 35.2 Å². The summed E-state index contributed by atoms with van der Waals surface area (Å²) in [6, 6.07) is 21.7. The van der Waals surface area contributed by atoms with Crippen LogP contribution in [0.3, 0.4) is 0 Å². The van der Waals surface area contributed by atoms with E-state index in [-0.39, 0.29) is 78.6 Å². The molecule has 0 unspecified atom stereocenters. The van der Waals surface area contributed by atoms with E-state index in [1.807, 2.05) is 100 Å². The summed E-state index contributed by atoms with van der Waals surface area (Å²) in [5.74, 6) is 30.5. The maximum atomic E-state index is 15.1. The Morgan fingerprint density at radius 3 is 1.35 bits per heavy atom. The Morgan fingerprint density at radius 1 is 0.407 bits per heavy atom. The molecule has 10 N–H and O–H groups in total. The summed E-state index contributed by atoms with van der Waals surface area (Å²) in [5, 5.41) is 7.78. The van der Waals surface area contributed by atoms with E-state index in [2.05, 4.69) is 136 Å². The monoisotopic (exact) mass is 1740 g/mol. The van der Waals surface area contributed by atoms with E-state index in [0.717, 1.165) is 81.1 Å². The first-order chi connectivity index (χ1) is 58.6. The molecule has 6 aliphatic rings. The number of aliphatic imine (C=N–C) groups is 5. The first kappa shape index (κ1) is 88.8. The van der Waals surface area contributed by atoms with Gasteiger partial charge >= 0.3 is 0 Å². The van der Waals surface area contributed by atoms with Crippen molar-refractivity contribution in [3.63, 3.8) is 0 Å². The molecular formula is C90H89FN22O5S5. The quantitative estimate of drug-likeness (QED) is 0.0794. The van der Waals surface area contributed by atoms with Gasteiger partial charge in [-0.2, -0.15) is 4.37 Å².